The van der Waals surface area contributed by atoms with Crippen LogP contribution < -0.4 is 5.11 Å². The van der Waals surface area contributed by atoms with Crippen LogP contribution in [0.5, 0.6) is 11.5 Å². The summed E-state index contributed by atoms with van der Waals surface area (Å²) in [7, 11) is 0. The van der Waals surface area contributed by atoms with Crippen LogP contribution in [0.2, 0.25) is 0 Å². The SMILES string of the molecule is CC(=O)[O-].CC(C)(C)c1cccc(C=[N+]2[Mn][N+](=Cc3cccc(C(C)(C)C)c3O)C3CCCCC32)c1O. The molecule has 201 valence electrons. The van der Waals surface area contributed by atoms with Crippen LogP contribution in [-0.4, -0.2) is 47.9 Å². The Balaban J connectivity index is 0.000000886. The van der Waals surface area contributed by atoms with Crippen molar-refractivity contribution in [2.75, 3.05) is 0 Å². The van der Waals surface area contributed by atoms with Crippen molar-refractivity contribution in [2.45, 2.75) is 97.1 Å². The number of benzene rings is 2. The summed E-state index contributed by atoms with van der Waals surface area (Å²) >= 11 is 0.411. The number of carboxylic acids is 1. The summed E-state index contributed by atoms with van der Waals surface area (Å²) < 4.78 is 4.85. The molecule has 1 saturated carbocycles. The van der Waals surface area contributed by atoms with E-state index in [1.54, 1.807) is 0 Å². The van der Waals surface area contributed by atoms with Gasteiger partial charge < -0.3 is 9.90 Å². The number of hydrogen-bond acceptors (Lipinski definition) is 4. The summed E-state index contributed by atoms with van der Waals surface area (Å²) in [5, 5.41) is 30.9. The van der Waals surface area contributed by atoms with Gasteiger partial charge in [0.1, 0.15) is 0 Å². The molecule has 6 nitrogen and oxygen atoms in total. The average molecular weight is 549 g/mol. The summed E-state index contributed by atoms with van der Waals surface area (Å²) in [5.74, 6) is -0.304. The predicted molar refractivity (Wildman–Crippen MR) is 141 cm³/mol. The van der Waals surface area contributed by atoms with E-state index in [0.717, 1.165) is 42.0 Å². The standard InChI is InChI=1S/C28H38N2O2.C2H4O2.Mn/c1-27(2,3)21-13-9-11-19(25(21)31)17-29-23-15-7-8-16-24(23)30-18-20-12-10-14-22(26(20)32)28(4,5)6;1-2(3)4;/h9-14,17-18,23-24,31-32H,7-8,15-16H2,1-6H3;1H3,(H,3,4);/q;;+2/p-1. The molecule has 0 bridgehead atoms. The van der Waals surface area contributed by atoms with Crippen molar-refractivity contribution in [2.24, 2.45) is 0 Å². The molecule has 0 radical (unpaired) electrons. The number of aliphatic carboxylic acids is 1. The number of fused-ring (bicyclic) bond motifs is 1. The molecule has 2 aromatic carbocycles. The van der Waals surface area contributed by atoms with Gasteiger partial charge in [-0.2, -0.15) is 0 Å². The first-order valence-corrected chi connectivity index (χ1v) is 14.0. The van der Waals surface area contributed by atoms with Crippen LogP contribution in [0.3, 0.4) is 0 Å². The Bertz CT molecular complexity index is 1110. The first kappa shape index (κ1) is 28.9. The average Bonchev–Trinajstić information content (AvgIpc) is 3.12. The number of phenols is 2. The van der Waals surface area contributed by atoms with Crippen molar-refractivity contribution in [1.82, 2.24) is 0 Å². The molecule has 1 aliphatic carbocycles. The fourth-order valence-electron chi connectivity index (χ4n) is 4.92. The Labute approximate surface area is 228 Å². The number of nitrogens with zero attached hydrogens (tertiary/aromatic N) is 2. The van der Waals surface area contributed by atoms with Gasteiger partial charge in [0.25, 0.3) is 0 Å². The van der Waals surface area contributed by atoms with Crippen LogP contribution in [0.25, 0.3) is 0 Å². The van der Waals surface area contributed by atoms with Gasteiger partial charge in [0.15, 0.2) is 0 Å². The molecule has 2 fully saturated rings. The van der Waals surface area contributed by atoms with Crippen LogP contribution >= 0.6 is 0 Å². The molecule has 4 rings (SSSR count). The number of hydrogen-bond donors (Lipinski definition) is 2. The summed E-state index contributed by atoms with van der Waals surface area (Å²) in [6.07, 6.45) is 9.12. The molecule has 0 aromatic heterocycles. The van der Waals surface area contributed by atoms with E-state index in [1.807, 2.05) is 36.4 Å². The van der Waals surface area contributed by atoms with Crippen molar-refractivity contribution in [3.05, 3.63) is 58.7 Å². The second-order valence-electron chi connectivity index (χ2n) is 11.9. The predicted octanol–water partition coefficient (Wildman–Crippen LogP) is 4.25. The van der Waals surface area contributed by atoms with Crippen molar-refractivity contribution in [3.63, 3.8) is 0 Å². The van der Waals surface area contributed by atoms with Crippen LogP contribution in [0, 0.1) is 0 Å². The quantitative estimate of drug-likeness (QED) is 0.550. The van der Waals surface area contributed by atoms with E-state index in [2.05, 4.69) is 61.2 Å². The molecule has 1 heterocycles. The molecule has 0 spiro atoms. The van der Waals surface area contributed by atoms with Gasteiger partial charge in [-0.05, 0) is 6.92 Å². The maximum absolute atomic E-state index is 11.0. The van der Waals surface area contributed by atoms with E-state index in [4.69, 9.17) is 9.90 Å². The molecule has 1 aliphatic heterocycles. The molecule has 2 atom stereocenters. The minimum atomic E-state index is -1.08. The number of carboxylic acid groups (broad SMARTS) is 1. The van der Waals surface area contributed by atoms with E-state index in [-0.39, 0.29) is 10.8 Å². The summed E-state index contributed by atoms with van der Waals surface area (Å²) in [6.45, 7) is 13.8. The number of aromatic hydroxyl groups is 2. The Hall–Kier alpha value is -2.63. The molecule has 2 aliphatic rings. The van der Waals surface area contributed by atoms with Crippen molar-refractivity contribution < 1.29 is 42.7 Å². The fraction of sp³-hybridized carbons (Fsp3) is 0.500. The van der Waals surface area contributed by atoms with E-state index in [1.165, 1.54) is 12.8 Å². The van der Waals surface area contributed by atoms with Crippen LogP contribution in [0.15, 0.2) is 36.4 Å². The van der Waals surface area contributed by atoms with Crippen molar-refractivity contribution in [3.8, 4) is 11.5 Å². The van der Waals surface area contributed by atoms with Gasteiger partial charge in [-0.3, -0.25) is 0 Å². The van der Waals surface area contributed by atoms with Crippen LogP contribution in [0.1, 0.15) is 96.4 Å². The molecule has 37 heavy (non-hydrogen) atoms. The molecular weight excluding hydrogens is 507 g/mol. The second kappa shape index (κ2) is 11.4. The van der Waals surface area contributed by atoms with Gasteiger partial charge >= 0.3 is 206 Å². The Morgan fingerprint density at radius 1 is 0.838 bits per heavy atom. The first-order valence-electron chi connectivity index (χ1n) is 12.9. The number of carbonyl (C=O) groups excluding carboxylic acids is 1. The Morgan fingerprint density at radius 2 is 1.19 bits per heavy atom. The fourth-order valence-corrected chi connectivity index (χ4v) is 6.76. The summed E-state index contributed by atoms with van der Waals surface area (Å²) in [5.41, 5.74) is 3.52. The summed E-state index contributed by atoms with van der Waals surface area (Å²) in [4.78, 5) is 8.89. The van der Waals surface area contributed by atoms with Gasteiger partial charge in [-0.15, -0.1) is 0 Å². The third-order valence-electron chi connectivity index (χ3n) is 6.78. The van der Waals surface area contributed by atoms with Gasteiger partial charge in [0.05, 0.1) is 0 Å². The zero-order valence-electron chi connectivity index (χ0n) is 23.1. The normalized spacial score (nSPS) is 21.9. The van der Waals surface area contributed by atoms with Crippen molar-refractivity contribution in [1.29, 1.82) is 0 Å². The topological polar surface area (TPSA) is 86.6 Å². The van der Waals surface area contributed by atoms with Gasteiger partial charge in [0.2, 0.25) is 0 Å². The van der Waals surface area contributed by atoms with Crippen LogP contribution in [-0.2, 0) is 31.0 Å². The minimum absolute atomic E-state index is 0.107. The van der Waals surface area contributed by atoms with E-state index >= 15 is 0 Å². The molecule has 7 heteroatoms. The molecular formula is C30H41MnN2O4+. The first-order chi connectivity index (χ1) is 17.2. The third kappa shape index (κ3) is 7.02. The number of rotatable bonds is 2. The molecule has 2 N–H and O–H groups in total. The molecule has 2 aromatic rings. The van der Waals surface area contributed by atoms with Gasteiger partial charge in [-0.25, -0.2) is 0 Å². The van der Waals surface area contributed by atoms with E-state index in [9.17, 15) is 10.2 Å². The zero-order valence-corrected chi connectivity index (χ0v) is 24.3. The van der Waals surface area contributed by atoms with Gasteiger partial charge in [-0.1, -0.05) is 0 Å². The maximum atomic E-state index is 11.0. The molecule has 0 amide bonds. The monoisotopic (exact) mass is 548 g/mol. The van der Waals surface area contributed by atoms with Crippen molar-refractivity contribution >= 4 is 18.4 Å². The zero-order chi connectivity index (χ0) is 27.5. The van der Waals surface area contributed by atoms with E-state index in [0.29, 0.717) is 39.0 Å². The third-order valence-corrected chi connectivity index (χ3v) is 8.41. The summed E-state index contributed by atoms with van der Waals surface area (Å²) in [6, 6.07) is 13.0. The Kier molecular flexibility index (Phi) is 8.92. The van der Waals surface area contributed by atoms with Gasteiger partial charge in [0, 0.05) is 5.97 Å². The molecule has 1 saturated heterocycles. The van der Waals surface area contributed by atoms with E-state index < -0.39 is 5.97 Å². The Morgan fingerprint density at radius 3 is 1.51 bits per heavy atom. The number of para-hydroxylation sites is 2. The van der Waals surface area contributed by atoms with Crippen LogP contribution in [0.4, 0.5) is 0 Å². The molecule has 2 unspecified atom stereocenters. The second-order valence-corrected chi connectivity index (χ2v) is 13.4. The number of carbonyl (C=O) groups is 1. The number of phenolic OH excluding ortho intramolecular Hbond substituents is 2.